The molecule has 0 amide bonds. The fourth-order valence-corrected chi connectivity index (χ4v) is 5.24. The number of methoxy groups -OCH3 is 1. The Morgan fingerprint density at radius 2 is 1.78 bits per heavy atom. The molecular weight excluding hydrogens is 462 g/mol. The molecule has 0 fully saturated rings. The number of para-hydroxylation sites is 1. The number of hydrogen-bond acceptors (Lipinski definition) is 5. The average Bonchev–Trinajstić information content (AvgIpc) is 2.92. The number of aryl methyl sites for hydroxylation is 1. The third kappa shape index (κ3) is 5.62. The zero-order valence-electron chi connectivity index (χ0n) is 21.6. The molecular formula is C32H33NO4. The lowest BCUT2D eigenvalue weighted by molar-refractivity contribution is -0.142. The highest BCUT2D eigenvalue weighted by atomic mass is 16.6. The molecule has 5 nitrogen and oxygen atoms in total. The quantitative estimate of drug-likeness (QED) is 0.276. The molecule has 0 bridgehead atoms. The summed E-state index contributed by atoms with van der Waals surface area (Å²) >= 11 is 0. The van der Waals surface area contributed by atoms with Crippen LogP contribution < -0.4 is 9.47 Å². The number of nitrogens with zero attached hydrogens (tertiary/aromatic N) is 1. The van der Waals surface area contributed by atoms with Crippen molar-refractivity contribution in [1.29, 1.82) is 0 Å². The molecule has 5 rings (SSSR count). The van der Waals surface area contributed by atoms with Crippen molar-refractivity contribution in [3.05, 3.63) is 107 Å². The minimum atomic E-state index is -0.393. The van der Waals surface area contributed by atoms with Crippen molar-refractivity contribution >= 4 is 16.7 Å². The predicted octanol–water partition coefficient (Wildman–Crippen LogP) is 6.12. The SMILES string of the molecule is COC(=O)COc1cc(C2CC(CN(C)Cc3cccc4ccccc34)Oc3ccccc32)ccc1C. The number of benzene rings is 4. The van der Waals surface area contributed by atoms with Crippen molar-refractivity contribution in [1.82, 2.24) is 4.90 Å². The second-order valence-corrected chi connectivity index (χ2v) is 9.79. The van der Waals surface area contributed by atoms with E-state index in [1.807, 2.05) is 13.0 Å². The zero-order valence-corrected chi connectivity index (χ0v) is 21.6. The Hall–Kier alpha value is -3.83. The van der Waals surface area contributed by atoms with Crippen LogP contribution in [0.2, 0.25) is 0 Å². The maximum absolute atomic E-state index is 11.6. The first-order valence-corrected chi connectivity index (χ1v) is 12.7. The molecule has 1 aliphatic rings. The van der Waals surface area contributed by atoms with Gasteiger partial charge in [0.1, 0.15) is 17.6 Å². The largest absolute Gasteiger partial charge is 0.489 e. The summed E-state index contributed by atoms with van der Waals surface area (Å²) in [5.41, 5.74) is 4.64. The van der Waals surface area contributed by atoms with Crippen LogP contribution in [-0.4, -0.2) is 44.3 Å². The monoisotopic (exact) mass is 495 g/mol. The Morgan fingerprint density at radius 1 is 1.00 bits per heavy atom. The standard InChI is InChI=1S/C32H33NO4/c1-22-15-16-24(17-31(22)36-21-32(34)35-3)29-18-26(37-30-14-7-6-13-28(29)30)20-33(2)19-25-11-8-10-23-9-4-5-12-27(23)25/h4-17,26,29H,18-21H2,1-3H3. The Bertz CT molecular complexity index is 1390. The van der Waals surface area contributed by atoms with Crippen LogP contribution in [-0.2, 0) is 16.1 Å². The van der Waals surface area contributed by atoms with Crippen molar-refractivity contribution in [2.45, 2.75) is 31.9 Å². The number of hydrogen-bond donors (Lipinski definition) is 0. The number of carbonyl (C=O) groups is 1. The summed E-state index contributed by atoms with van der Waals surface area (Å²) in [7, 11) is 3.52. The second kappa shape index (κ2) is 11.1. The summed E-state index contributed by atoms with van der Waals surface area (Å²) < 4.78 is 17.0. The van der Waals surface area contributed by atoms with Gasteiger partial charge in [-0.2, -0.15) is 0 Å². The number of esters is 1. The van der Waals surface area contributed by atoms with Gasteiger partial charge >= 0.3 is 5.97 Å². The van der Waals surface area contributed by atoms with Crippen LogP contribution in [0.3, 0.4) is 0 Å². The van der Waals surface area contributed by atoms with Crippen molar-refractivity contribution in [3.63, 3.8) is 0 Å². The van der Waals surface area contributed by atoms with Gasteiger partial charge in [0.25, 0.3) is 0 Å². The molecule has 4 aromatic rings. The first-order valence-electron chi connectivity index (χ1n) is 12.7. The van der Waals surface area contributed by atoms with Gasteiger partial charge in [-0.25, -0.2) is 4.79 Å². The van der Waals surface area contributed by atoms with E-state index in [9.17, 15) is 4.79 Å². The first-order chi connectivity index (χ1) is 18.0. The number of likely N-dealkylation sites (N-methyl/N-ethyl adjacent to an activating group) is 1. The lowest BCUT2D eigenvalue weighted by Gasteiger charge is -2.35. The third-order valence-corrected chi connectivity index (χ3v) is 7.11. The van der Waals surface area contributed by atoms with Crippen LogP contribution in [0.25, 0.3) is 10.8 Å². The van der Waals surface area contributed by atoms with E-state index in [0.717, 1.165) is 36.4 Å². The smallest absolute Gasteiger partial charge is 0.343 e. The molecule has 0 aliphatic carbocycles. The van der Waals surface area contributed by atoms with Crippen LogP contribution in [0, 0.1) is 6.92 Å². The van der Waals surface area contributed by atoms with Gasteiger partial charge in [-0.3, -0.25) is 4.90 Å². The van der Waals surface area contributed by atoms with Gasteiger partial charge in [-0.1, -0.05) is 72.8 Å². The first kappa shape index (κ1) is 24.8. The lowest BCUT2D eigenvalue weighted by Crippen LogP contribution is -2.36. The fraction of sp³-hybridized carbons (Fsp3) is 0.281. The summed E-state index contributed by atoms with van der Waals surface area (Å²) in [6, 6.07) is 29.6. The van der Waals surface area contributed by atoms with E-state index >= 15 is 0 Å². The molecule has 0 radical (unpaired) electrons. The number of rotatable bonds is 8. The topological polar surface area (TPSA) is 48.0 Å². The Kier molecular flexibility index (Phi) is 7.42. The van der Waals surface area contributed by atoms with E-state index in [4.69, 9.17) is 14.2 Å². The van der Waals surface area contributed by atoms with Gasteiger partial charge in [-0.05, 0) is 60.0 Å². The predicted molar refractivity (Wildman–Crippen MR) is 146 cm³/mol. The molecule has 0 N–H and O–H groups in total. The molecule has 2 atom stereocenters. The highest BCUT2D eigenvalue weighted by molar-refractivity contribution is 5.85. The van der Waals surface area contributed by atoms with Crippen LogP contribution in [0.4, 0.5) is 0 Å². The summed E-state index contributed by atoms with van der Waals surface area (Å²) in [6.07, 6.45) is 0.900. The molecule has 190 valence electrons. The van der Waals surface area contributed by atoms with Gasteiger partial charge in [0.15, 0.2) is 6.61 Å². The van der Waals surface area contributed by atoms with E-state index < -0.39 is 5.97 Å². The van der Waals surface area contributed by atoms with Crippen LogP contribution in [0.15, 0.2) is 84.9 Å². The van der Waals surface area contributed by atoms with Gasteiger partial charge in [0.2, 0.25) is 0 Å². The Morgan fingerprint density at radius 3 is 2.65 bits per heavy atom. The van der Waals surface area contributed by atoms with Crippen molar-refractivity contribution in [3.8, 4) is 11.5 Å². The van der Waals surface area contributed by atoms with Gasteiger partial charge in [0.05, 0.1) is 7.11 Å². The maximum atomic E-state index is 11.6. The molecule has 2 unspecified atom stereocenters. The summed E-state index contributed by atoms with van der Waals surface area (Å²) in [5.74, 6) is 1.41. The van der Waals surface area contributed by atoms with Gasteiger partial charge < -0.3 is 14.2 Å². The summed E-state index contributed by atoms with van der Waals surface area (Å²) in [6.45, 7) is 3.54. The van der Waals surface area contributed by atoms with E-state index in [2.05, 4.69) is 90.8 Å². The van der Waals surface area contributed by atoms with Crippen molar-refractivity contribution in [2.75, 3.05) is 27.3 Å². The normalized spacial score (nSPS) is 16.8. The van der Waals surface area contributed by atoms with Crippen LogP contribution in [0.1, 0.15) is 34.6 Å². The molecule has 1 heterocycles. The van der Waals surface area contributed by atoms with E-state index in [1.54, 1.807) is 0 Å². The van der Waals surface area contributed by atoms with E-state index in [-0.39, 0.29) is 18.6 Å². The molecule has 0 spiro atoms. The highest BCUT2D eigenvalue weighted by Gasteiger charge is 2.30. The lowest BCUT2D eigenvalue weighted by atomic mass is 9.83. The number of carbonyl (C=O) groups excluding carboxylic acids is 1. The summed E-state index contributed by atoms with van der Waals surface area (Å²) in [4.78, 5) is 14.0. The summed E-state index contributed by atoms with van der Waals surface area (Å²) in [5, 5.41) is 2.56. The number of fused-ring (bicyclic) bond motifs is 2. The van der Waals surface area contributed by atoms with E-state index in [1.165, 1.54) is 29.0 Å². The molecule has 0 saturated heterocycles. The minimum Gasteiger partial charge on any atom is -0.489 e. The Labute approximate surface area is 218 Å². The fourth-order valence-electron chi connectivity index (χ4n) is 5.24. The molecule has 0 saturated carbocycles. The van der Waals surface area contributed by atoms with Crippen LogP contribution in [0.5, 0.6) is 11.5 Å². The molecule has 5 heteroatoms. The second-order valence-electron chi connectivity index (χ2n) is 9.79. The van der Waals surface area contributed by atoms with Crippen molar-refractivity contribution < 1.29 is 19.0 Å². The van der Waals surface area contributed by atoms with Gasteiger partial charge in [0, 0.05) is 24.6 Å². The number of ether oxygens (including phenoxy) is 3. The highest BCUT2D eigenvalue weighted by Crippen LogP contribution is 2.41. The molecule has 4 aromatic carbocycles. The average molecular weight is 496 g/mol. The van der Waals surface area contributed by atoms with Crippen LogP contribution >= 0.6 is 0 Å². The molecule has 1 aliphatic heterocycles. The van der Waals surface area contributed by atoms with Gasteiger partial charge in [-0.15, -0.1) is 0 Å². The van der Waals surface area contributed by atoms with E-state index in [0.29, 0.717) is 5.75 Å². The van der Waals surface area contributed by atoms with Crippen molar-refractivity contribution in [2.24, 2.45) is 0 Å². The maximum Gasteiger partial charge on any atom is 0.343 e. The molecule has 37 heavy (non-hydrogen) atoms. The Balaban J connectivity index is 1.36. The third-order valence-electron chi connectivity index (χ3n) is 7.11. The molecule has 0 aromatic heterocycles. The minimum absolute atomic E-state index is 0.0422. The zero-order chi connectivity index (χ0) is 25.8.